The summed E-state index contributed by atoms with van der Waals surface area (Å²) in [4.78, 5) is 12.0. The molecule has 0 aromatic carbocycles. The summed E-state index contributed by atoms with van der Waals surface area (Å²) in [5.41, 5.74) is -0.536. The van der Waals surface area contributed by atoms with Crippen LogP contribution < -0.4 is 0 Å². The molecule has 0 aromatic rings. The van der Waals surface area contributed by atoms with E-state index in [0.29, 0.717) is 6.61 Å². The molecule has 0 heterocycles. The highest BCUT2D eigenvalue weighted by Gasteiger charge is 2.38. The summed E-state index contributed by atoms with van der Waals surface area (Å²) in [7, 11) is 1.64. The lowest BCUT2D eigenvalue weighted by atomic mass is 9.81. The summed E-state index contributed by atoms with van der Waals surface area (Å²) in [5, 5.41) is 0. The van der Waals surface area contributed by atoms with E-state index < -0.39 is 5.60 Å². The van der Waals surface area contributed by atoms with Crippen LogP contribution in [0.2, 0.25) is 0 Å². The Labute approximate surface area is 92.1 Å². The Morgan fingerprint density at radius 3 is 2.47 bits per heavy atom. The maximum absolute atomic E-state index is 12.0. The van der Waals surface area contributed by atoms with Crippen molar-refractivity contribution >= 4 is 5.78 Å². The molecule has 88 valence electrons. The van der Waals surface area contributed by atoms with Crippen LogP contribution in [0.1, 0.15) is 45.4 Å². The average Bonchev–Trinajstić information content (AvgIpc) is 2.30. The second-order valence-corrected chi connectivity index (χ2v) is 4.23. The van der Waals surface area contributed by atoms with Gasteiger partial charge in [0.05, 0.1) is 0 Å². The number of rotatable bonds is 6. The standard InChI is InChI=1S/C12H22O3/c1-3-9-15-10-11(13)12(14-2)7-5-4-6-8-12/h3-10H2,1-2H3. The highest BCUT2D eigenvalue weighted by atomic mass is 16.5. The van der Waals surface area contributed by atoms with Crippen molar-refractivity contribution in [1.82, 2.24) is 0 Å². The second-order valence-electron chi connectivity index (χ2n) is 4.23. The Hall–Kier alpha value is -0.410. The monoisotopic (exact) mass is 214 g/mol. The van der Waals surface area contributed by atoms with Crippen LogP contribution in [0, 0.1) is 0 Å². The van der Waals surface area contributed by atoms with E-state index in [4.69, 9.17) is 9.47 Å². The summed E-state index contributed by atoms with van der Waals surface area (Å²) in [5.74, 6) is 0.123. The molecule has 0 N–H and O–H groups in total. The van der Waals surface area contributed by atoms with Crippen molar-refractivity contribution in [3.8, 4) is 0 Å². The van der Waals surface area contributed by atoms with E-state index in [2.05, 4.69) is 0 Å². The maximum Gasteiger partial charge on any atom is 0.190 e. The van der Waals surface area contributed by atoms with Gasteiger partial charge in [0.25, 0.3) is 0 Å². The smallest absolute Gasteiger partial charge is 0.190 e. The topological polar surface area (TPSA) is 35.5 Å². The van der Waals surface area contributed by atoms with Gasteiger partial charge in [0.15, 0.2) is 5.78 Å². The predicted octanol–water partition coefficient (Wildman–Crippen LogP) is 2.33. The van der Waals surface area contributed by atoms with E-state index in [0.717, 1.165) is 32.1 Å². The van der Waals surface area contributed by atoms with Crippen LogP contribution in [0.5, 0.6) is 0 Å². The van der Waals surface area contributed by atoms with Crippen molar-refractivity contribution in [2.45, 2.75) is 51.0 Å². The van der Waals surface area contributed by atoms with Crippen molar-refractivity contribution < 1.29 is 14.3 Å². The first-order valence-electron chi connectivity index (χ1n) is 5.91. The minimum atomic E-state index is -0.536. The number of carbonyl (C=O) groups excluding carboxylic acids is 1. The number of ketones is 1. The molecule has 0 atom stereocenters. The van der Waals surface area contributed by atoms with Gasteiger partial charge in [-0.15, -0.1) is 0 Å². The molecule has 1 saturated carbocycles. The second kappa shape index (κ2) is 6.23. The molecule has 0 unspecified atom stereocenters. The number of Topliss-reactive ketones (excluding diaryl/α,β-unsaturated/α-hetero) is 1. The van der Waals surface area contributed by atoms with E-state index in [9.17, 15) is 4.79 Å². The minimum absolute atomic E-state index is 0.123. The Kier molecular flexibility index (Phi) is 5.26. The first kappa shape index (κ1) is 12.7. The molecule has 3 heteroatoms. The normalized spacial score (nSPS) is 20.1. The van der Waals surface area contributed by atoms with Gasteiger partial charge in [0, 0.05) is 13.7 Å². The maximum atomic E-state index is 12.0. The number of hydrogen-bond donors (Lipinski definition) is 0. The summed E-state index contributed by atoms with van der Waals surface area (Å²) in [6.45, 7) is 2.91. The molecule has 1 rings (SSSR count). The largest absolute Gasteiger partial charge is 0.374 e. The molecule has 0 spiro atoms. The molecule has 1 aliphatic rings. The molecule has 15 heavy (non-hydrogen) atoms. The SMILES string of the molecule is CCCOCC(=O)C1(OC)CCCCC1. The first-order valence-corrected chi connectivity index (χ1v) is 5.91. The molecule has 0 aromatic heterocycles. The van der Waals surface area contributed by atoms with E-state index in [-0.39, 0.29) is 12.4 Å². The fourth-order valence-electron chi connectivity index (χ4n) is 2.16. The fraction of sp³-hybridized carbons (Fsp3) is 0.917. The molecule has 1 aliphatic carbocycles. The number of methoxy groups -OCH3 is 1. The predicted molar refractivity (Wildman–Crippen MR) is 58.9 cm³/mol. The Bertz CT molecular complexity index is 195. The molecule has 0 radical (unpaired) electrons. The van der Waals surface area contributed by atoms with Crippen molar-refractivity contribution in [3.05, 3.63) is 0 Å². The summed E-state index contributed by atoms with van der Waals surface area (Å²) in [6, 6.07) is 0. The lowest BCUT2D eigenvalue weighted by Crippen LogP contribution is -2.44. The van der Waals surface area contributed by atoms with E-state index in [1.54, 1.807) is 7.11 Å². The van der Waals surface area contributed by atoms with Crippen LogP contribution in [0.4, 0.5) is 0 Å². The molecule has 0 saturated heterocycles. The van der Waals surface area contributed by atoms with Gasteiger partial charge in [-0.1, -0.05) is 26.2 Å². The van der Waals surface area contributed by atoms with Gasteiger partial charge in [0.2, 0.25) is 0 Å². The van der Waals surface area contributed by atoms with Crippen molar-refractivity contribution in [2.75, 3.05) is 20.3 Å². The average molecular weight is 214 g/mol. The van der Waals surface area contributed by atoms with Gasteiger partial charge in [-0.2, -0.15) is 0 Å². The zero-order chi connectivity index (χ0) is 11.1. The molecule has 0 amide bonds. The van der Waals surface area contributed by atoms with E-state index >= 15 is 0 Å². The van der Waals surface area contributed by atoms with Gasteiger partial charge < -0.3 is 9.47 Å². The van der Waals surface area contributed by atoms with Gasteiger partial charge >= 0.3 is 0 Å². The molecule has 3 nitrogen and oxygen atoms in total. The van der Waals surface area contributed by atoms with Crippen LogP contribution in [0.25, 0.3) is 0 Å². The summed E-state index contributed by atoms with van der Waals surface area (Å²) >= 11 is 0. The van der Waals surface area contributed by atoms with E-state index in [1.807, 2.05) is 6.92 Å². The number of hydrogen-bond acceptors (Lipinski definition) is 3. The van der Waals surface area contributed by atoms with Crippen molar-refractivity contribution in [1.29, 1.82) is 0 Å². The van der Waals surface area contributed by atoms with Crippen molar-refractivity contribution in [3.63, 3.8) is 0 Å². The van der Waals surface area contributed by atoms with E-state index in [1.165, 1.54) is 6.42 Å². The fourth-order valence-corrected chi connectivity index (χ4v) is 2.16. The van der Waals surface area contributed by atoms with Crippen LogP contribution >= 0.6 is 0 Å². The third-order valence-corrected chi connectivity index (χ3v) is 3.14. The lowest BCUT2D eigenvalue weighted by molar-refractivity contribution is -0.149. The summed E-state index contributed by atoms with van der Waals surface area (Å²) < 4.78 is 10.7. The van der Waals surface area contributed by atoms with Crippen LogP contribution in [-0.4, -0.2) is 31.7 Å². The molecule has 0 bridgehead atoms. The highest BCUT2D eigenvalue weighted by Crippen LogP contribution is 2.31. The van der Waals surface area contributed by atoms with Crippen LogP contribution in [0.3, 0.4) is 0 Å². The van der Waals surface area contributed by atoms with Crippen LogP contribution in [-0.2, 0) is 14.3 Å². The minimum Gasteiger partial charge on any atom is -0.374 e. The van der Waals surface area contributed by atoms with Gasteiger partial charge in [-0.25, -0.2) is 0 Å². The highest BCUT2D eigenvalue weighted by molar-refractivity contribution is 5.88. The molecule has 1 fully saturated rings. The lowest BCUT2D eigenvalue weighted by Gasteiger charge is -2.34. The van der Waals surface area contributed by atoms with Gasteiger partial charge in [0.1, 0.15) is 12.2 Å². The number of carbonyl (C=O) groups is 1. The number of ether oxygens (including phenoxy) is 2. The zero-order valence-corrected chi connectivity index (χ0v) is 9.88. The first-order chi connectivity index (χ1) is 7.25. The van der Waals surface area contributed by atoms with Crippen molar-refractivity contribution in [2.24, 2.45) is 0 Å². The molecular weight excluding hydrogens is 192 g/mol. The Balaban J connectivity index is 2.45. The molecular formula is C12H22O3. The Morgan fingerprint density at radius 1 is 1.27 bits per heavy atom. The zero-order valence-electron chi connectivity index (χ0n) is 9.88. The van der Waals surface area contributed by atoms with Gasteiger partial charge in [-0.3, -0.25) is 4.79 Å². The third-order valence-electron chi connectivity index (χ3n) is 3.14. The quantitative estimate of drug-likeness (QED) is 0.637. The molecule has 0 aliphatic heterocycles. The third kappa shape index (κ3) is 3.28. The van der Waals surface area contributed by atoms with Gasteiger partial charge in [-0.05, 0) is 19.3 Å². The summed E-state index contributed by atoms with van der Waals surface area (Å²) in [6.07, 6.45) is 6.07. The Morgan fingerprint density at radius 2 is 1.93 bits per heavy atom. The van der Waals surface area contributed by atoms with Crippen LogP contribution in [0.15, 0.2) is 0 Å².